The summed E-state index contributed by atoms with van der Waals surface area (Å²) in [7, 11) is 1.55. The summed E-state index contributed by atoms with van der Waals surface area (Å²) in [6.45, 7) is 0.645. The van der Waals surface area contributed by atoms with Crippen LogP contribution in [0.3, 0.4) is 0 Å². The molecule has 1 aliphatic rings. The third-order valence-electron chi connectivity index (χ3n) is 5.59. The van der Waals surface area contributed by atoms with Crippen LogP contribution in [0.25, 0.3) is 16.9 Å². The molecule has 1 saturated carbocycles. The predicted octanol–water partition coefficient (Wildman–Crippen LogP) is 2.95. The van der Waals surface area contributed by atoms with Crippen LogP contribution < -0.4 is 16.0 Å². The minimum Gasteiger partial charge on any atom is -0.497 e. The van der Waals surface area contributed by atoms with Gasteiger partial charge in [0.15, 0.2) is 11.2 Å². The number of methoxy groups -OCH3 is 1. The summed E-state index contributed by atoms with van der Waals surface area (Å²) in [5.74, 6) is 0.583. The number of ether oxygens (including phenoxy) is 1. The Labute approximate surface area is 177 Å². The van der Waals surface area contributed by atoms with E-state index in [2.05, 4.69) is 4.98 Å². The van der Waals surface area contributed by atoms with Gasteiger partial charge in [0.25, 0.3) is 5.56 Å². The fourth-order valence-electron chi connectivity index (χ4n) is 3.83. The van der Waals surface area contributed by atoms with Crippen LogP contribution in [0, 0.1) is 11.7 Å². The smallest absolute Gasteiger partial charge is 0.337 e. The number of aromatic nitrogens is 4. The van der Waals surface area contributed by atoms with E-state index in [0.717, 1.165) is 12.8 Å². The van der Waals surface area contributed by atoms with Crippen LogP contribution >= 0.6 is 0 Å². The molecule has 2 aromatic heterocycles. The van der Waals surface area contributed by atoms with Crippen molar-refractivity contribution in [2.75, 3.05) is 7.11 Å². The molecule has 1 fully saturated rings. The highest BCUT2D eigenvalue weighted by atomic mass is 19.1. The van der Waals surface area contributed by atoms with Gasteiger partial charge in [-0.1, -0.05) is 18.2 Å². The molecule has 2 heterocycles. The minimum atomic E-state index is -0.423. The summed E-state index contributed by atoms with van der Waals surface area (Å²) in [6, 6.07) is 13.3. The van der Waals surface area contributed by atoms with E-state index in [0.29, 0.717) is 35.0 Å². The van der Waals surface area contributed by atoms with E-state index in [9.17, 15) is 14.0 Å². The van der Waals surface area contributed by atoms with Crippen LogP contribution in [-0.4, -0.2) is 25.8 Å². The van der Waals surface area contributed by atoms with Gasteiger partial charge in [0.2, 0.25) is 0 Å². The van der Waals surface area contributed by atoms with Gasteiger partial charge in [-0.15, -0.1) is 0 Å². The van der Waals surface area contributed by atoms with Crippen LogP contribution in [0.15, 0.2) is 64.4 Å². The van der Waals surface area contributed by atoms with E-state index in [4.69, 9.17) is 4.74 Å². The van der Waals surface area contributed by atoms with Crippen LogP contribution in [0.1, 0.15) is 18.4 Å². The first kappa shape index (κ1) is 19.3. The average Bonchev–Trinajstić information content (AvgIpc) is 3.50. The molecule has 0 radical (unpaired) electrons. The normalized spacial score (nSPS) is 13.6. The number of fused-ring (bicyclic) bond motifs is 1. The second-order valence-electron chi connectivity index (χ2n) is 7.85. The maximum absolute atomic E-state index is 13.7. The van der Waals surface area contributed by atoms with Crippen LogP contribution in [0.4, 0.5) is 4.39 Å². The zero-order valence-electron chi connectivity index (χ0n) is 17.0. The molecule has 0 atom stereocenters. The Kier molecular flexibility index (Phi) is 4.69. The number of nitrogens with zero attached hydrogens (tertiary/aromatic N) is 4. The van der Waals surface area contributed by atoms with Gasteiger partial charge in [0.05, 0.1) is 19.1 Å². The van der Waals surface area contributed by atoms with E-state index in [1.54, 1.807) is 48.1 Å². The van der Waals surface area contributed by atoms with Crippen molar-refractivity contribution >= 4 is 11.2 Å². The highest BCUT2D eigenvalue weighted by molar-refractivity contribution is 5.72. The molecule has 2 aromatic carbocycles. The van der Waals surface area contributed by atoms with Gasteiger partial charge in [-0.2, -0.15) is 0 Å². The summed E-state index contributed by atoms with van der Waals surface area (Å²) in [4.78, 5) is 31.1. The molecule has 1 aliphatic carbocycles. The Morgan fingerprint density at radius 3 is 2.68 bits per heavy atom. The van der Waals surface area contributed by atoms with Gasteiger partial charge < -0.3 is 9.30 Å². The van der Waals surface area contributed by atoms with Gasteiger partial charge in [-0.25, -0.2) is 18.7 Å². The van der Waals surface area contributed by atoms with Crippen LogP contribution in [0.5, 0.6) is 5.75 Å². The third kappa shape index (κ3) is 3.54. The highest BCUT2D eigenvalue weighted by Gasteiger charge is 2.26. The fourth-order valence-corrected chi connectivity index (χ4v) is 3.83. The first-order valence-electron chi connectivity index (χ1n) is 10.1. The summed E-state index contributed by atoms with van der Waals surface area (Å²) in [5, 5.41) is 0. The van der Waals surface area contributed by atoms with E-state index in [1.807, 2.05) is 0 Å². The molecule has 7 nitrogen and oxygen atoms in total. The van der Waals surface area contributed by atoms with Crippen molar-refractivity contribution in [3.63, 3.8) is 0 Å². The molecule has 0 spiro atoms. The Balaban J connectivity index is 1.75. The summed E-state index contributed by atoms with van der Waals surface area (Å²) in [6.07, 6.45) is 3.53. The van der Waals surface area contributed by atoms with Gasteiger partial charge in [-0.3, -0.25) is 9.36 Å². The van der Waals surface area contributed by atoms with Gasteiger partial charge >= 0.3 is 5.69 Å². The molecule has 4 aromatic rings. The first-order chi connectivity index (χ1) is 15.0. The molecule has 0 saturated heterocycles. The van der Waals surface area contributed by atoms with Crippen molar-refractivity contribution in [2.24, 2.45) is 5.92 Å². The average molecular weight is 420 g/mol. The number of benzene rings is 2. The Morgan fingerprint density at radius 1 is 1.13 bits per heavy atom. The zero-order valence-corrected chi connectivity index (χ0v) is 17.0. The lowest BCUT2D eigenvalue weighted by Gasteiger charge is -2.13. The Hall–Kier alpha value is -3.68. The summed E-state index contributed by atoms with van der Waals surface area (Å²) < 4.78 is 23.4. The standard InChI is InChI=1S/C23H21FN4O3/c1-31-19-7-3-6-18(11-19)28-21-20(22(29)27(23(28)30)13-15-8-9-15)26(14-25-21)12-16-4-2-5-17(24)10-16/h2-7,10-11,14-15H,8-9,12-13H2,1H3. The number of halogens is 1. The van der Waals surface area contributed by atoms with E-state index >= 15 is 0 Å². The molecule has 5 rings (SSSR count). The third-order valence-corrected chi connectivity index (χ3v) is 5.59. The van der Waals surface area contributed by atoms with Gasteiger partial charge in [0, 0.05) is 19.2 Å². The monoisotopic (exact) mass is 420 g/mol. The summed E-state index contributed by atoms with van der Waals surface area (Å²) >= 11 is 0. The van der Waals surface area contributed by atoms with E-state index < -0.39 is 5.69 Å². The highest BCUT2D eigenvalue weighted by Crippen LogP contribution is 2.30. The molecule has 0 aliphatic heterocycles. The van der Waals surface area contributed by atoms with Crippen LogP contribution in [0.2, 0.25) is 0 Å². The fraction of sp³-hybridized carbons (Fsp3) is 0.261. The molecule has 158 valence electrons. The number of hydrogen-bond acceptors (Lipinski definition) is 4. The summed E-state index contributed by atoms with van der Waals surface area (Å²) in [5.41, 5.74) is 1.05. The Morgan fingerprint density at radius 2 is 1.94 bits per heavy atom. The minimum absolute atomic E-state index is 0.267. The number of rotatable bonds is 6. The number of imidazole rings is 1. The molecule has 0 N–H and O–H groups in total. The molecular formula is C23H21FN4O3. The SMILES string of the molecule is COc1cccc(-n2c(=O)n(CC3CC3)c(=O)c3c2ncn3Cc2cccc(F)c2)c1. The molecule has 31 heavy (non-hydrogen) atoms. The van der Waals surface area contributed by atoms with Crippen molar-refractivity contribution in [1.29, 1.82) is 0 Å². The van der Waals surface area contributed by atoms with Gasteiger partial charge in [0.1, 0.15) is 11.6 Å². The van der Waals surface area contributed by atoms with Crippen molar-refractivity contribution in [2.45, 2.75) is 25.9 Å². The first-order valence-corrected chi connectivity index (χ1v) is 10.1. The lowest BCUT2D eigenvalue weighted by Crippen LogP contribution is -2.40. The maximum Gasteiger partial charge on any atom is 0.337 e. The van der Waals surface area contributed by atoms with Crippen molar-refractivity contribution in [1.82, 2.24) is 18.7 Å². The lowest BCUT2D eigenvalue weighted by molar-refractivity contribution is 0.414. The predicted molar refractivity (Wildman–Crippen MR) is 114 cm³/mol. The quantitative estimate of drug-likeness (QED) is 0.481. The van der Waals surface area contributed by atoms with Crippen molar-refractivity contribution in [3.8, 4) is 11.4 Å². The van der Waals surface area contributed by atoms with Crippen LogP contribution in [-0.2, 0) is 13.1 Å². The topological polar surface area (TPSA) is 71.1 Å². The maximum atomic E-state index is 13.7. The molecule has 0 amide bonds. The van der Waals surface area contributed by atoms with Gasteiger partial charge in [-0.05, 0) is 48.6 Å². The molecular weight excluding hydrogens is 399 g/mol. The number of hydrogen-bond donors (Lipinski definition) is 0. The lowest BCUT2D eigenvalue weighted by atomic mass is 10.2. The van der Waals surface area contributed by atoms with E-state index in [-0.39, 0.29) is 23.6 Å². The van der Waals surface area contributed by atoms with Crippen molar-refractivity contribution < 1.29 is 9.13 Å². The molecule has 0 bridgehead atoms. The van der Waals surface area contributed by atoms with Crippen molar-refractivity contribution in [3.05, 3.63) is 87.1 Å². The second kappa shape index (κ2) is 7.54. The second-order valence-corrected chi connectivity index (χ2v) is 7.85. The largest absolute Gasteiger partial charge is 0.497 e. The molecule has 8 heteroatoms. The zero-order chi connectivity index (χ0) is 21.5. The Bertz CT molecular complexity index is 1400. The van der Waals surface area contributed by atoms with E-state index in [1.165, 1.54) is 27.6 Å². The molecule has 0 unspecified atom stereocenters.